The predicted octanol–water partition coefficient (Wildman–Crippen LogP) is 3.87. The van der Waals surface area contributed by atoms with Crippen molar-refractivity contribution in [2.45, 2.75) is 17.9 Å². The number of halogens is 2. The van der Waals surface area contributed by atoms with Gasteiger partial charge in [0, 0.05) is 30.7 Å². The van der Waals surface area contributed by atoms with Crippen molar-refractivity contribution in [2.24, 2.45) is 0 Å². The van der Waals surface area contributed by atoms with Crippen molar-refractivity contribution in [2.75, 3.05) is 26.2 Å². The molecule has 2 aromatic carbocycles. The summed E-state index contributed by atoms with van der Waals surface area (Å²) in [5.41, 5.74) is 1.75. The highest BCUT2D eigenvalue weighted by Crippen LogP contribution is 2.28. The molecule has 0 unspecified atom stereocenters. The molecule has 0 aliphatic carbocycles. The number of hydrogen-bond acceptors (Lipinski definition) is 4. The van der Waals surface area contributed by atoms with Crippen LogP contribution in [-0.2, 0) is 16.6 Å². The van der Waals surface area contributed by atoms with Crippen LogP contribution in [0.1, 0.15) is 17.5 Å². The monoisotopic (exact) mass is 467 g/mol. The summed E-state index contributed by atoms with van der Waals surface area (Å²) in [6.07, 6.45) is 0.754. The van der Waals surface area contributed by atoms with Crippen LogP contribution in [0, 0.1) is 11.3 Å². The second-order valence-electron chi connectivity index (χ2n) is 6.42. The van der Waals surface area contributed by atoms with Crippen LogP contribution < -0.4 is 0 Å². The molecule has 1 heterocycles. The highest BCUT2D eigenvalue weighted by Gasteiger charge is 2.28. The molecule has 27 heavy (non-hydrogen) atoms. The van der Waals surface area contributed by atoms with Gasteiger partial charge in [0.05, 0.1) is 16.7 Å². The fourth-order valence-electron chi connectivity index (χ4n) is 3.11. The van der Waals surface area contributed by atoms with E-state index in [-0.39, 0.29) is 9.92 Å². The molecular formula is C19H19BrClN3O2S. The van der Waals surface area contributed by atoms with E-state index in [9.17, 15) is 8.42 Å². The predicted molar refractivity (Wildman–Crippen MR) is 109 cm³/mol. The lowest BCUT2D eigenvalue weighted by atomic mass is 10.1. The van der Waals surface area contributed by atoms with Gasteiger partial charge in [-0.2, -0.15) is 9.57 Å². The second kappa shape index (κ2) is 8.72. The molecule has 0 spiro atoms. The van der Waals surface area contributed by atoms with Crippen molar-refractivity contribution in [3.8, 4) is 6.07 Å². The Morgan fingerprint density at radius 3 is 2.48 bits per heavy atom. The molecule has 1 aliphatic rings. The van der Waals surface area contributed by atoms with E-state index in [1.54, 1.807) is 30.3 Å². The highest BCUT2D eigenvalue weighted by atomic mass is 79.9. The third-order valence-corrected chi connectivity index (χ3v) is 7.42. The molecule has 5 nitrogen and oxygen atoms in total. The average Bonchev–Trinajstić information content (AvgIpc) is 2.88. The summed E-state index contributed by atoms with van der Waals surface area (Å²) in [5, 5.41) is 9.11. The van der Waals surface area contributed by atoms with E-state index in [4.69, 9.17) is 16.9 Å². The zero-order valence-corrected chi connectivity index (χ0v) is 17.8. The molecule has 1 saturated heterocycles. The molecule has 2 aromatic rings. The molecule has 0 saturated carbocycles. The minimum absolute atomic E-state index is 0.146. The summed E-state index contributed by atoms with van der Waals surface area (Å²) in [6.45, 7) is 3.09. The van der Waals surface area contributed by atoms with Crippen LogP contribution in [0.2, 0.25) is 5.02 Å². The SMILES string of the molecule is N#Cc1ccc(CN2CCCN(S(=O)(=O)c3ccc(Br)cc3Cl)CC2)cc1. The topological polar surface area (TPSA) is 64.4 Å². The Hall–Kier alpha value is -1.43. The molecule has 0 N–H and O–H groups in total. The summed E-state index contributed by atoms with van der Waals surface area (Å²) in [7, 11) is -3.62. The molecule has 0 amide bonds. The van der Waals surface area contributed by atoms with Crippen LogP contribution in [0.25, 0.3) is 0 Å². The van der Waals surface area contributed by atoms with Gasteiger partial charge in [0.1, 0.15) is 4.90 Å². The standard InChI is InChI=1S/C19H19BrClN3O2S/c20-17-6-7-19(18(21)12-17)27(25,26)24-9-1-8-23(10-11-24)14-16-4-2-15(13-22)3-5-16/h2-7,12H,1,8-11,14H2. The van der Waals surface area contributed by atoms with Crippen LogP contribution >= 0.6 is 27.5 Å². The minimum atomic E-state index is -3.62. The Balaban J connectivity index is 1.69. The molecule has 8 heteroatoms. The van der Waals surface area contributed by atoms with Gasteiger partial charge in [-0.05, 0) is 48.9 Å². The molecular weight excluding hydrogens is 450 g/mol. The number of sulfonamides is 1. The first-order valence-corrected chi connectivity index (χ1v) is 11.2. The molecule has 0 aromatic heterocycles. The summed E-state index contributed by atoms with van der Waals surface area (Å²) in [4.78, 5) is 2.38. The second-order valence-corrected chi connectivity index (χ2v) is 9.65. The van der Waals surface area contributed by atoms with E-state index in [2.05, 4.69) is 26.9 Å². The zero-order valence-electron chi connectivity index (χ0n) is 14.6. The van der Waals surface area contributed by atoms with E-state index in [0.717, 1.165) is 29.5 Å². The van der Waals surface area contributed by atoms with E-state index in [1.165, 1.54) is 4.31 Å². The van der Waals surface area contributed by atoms with Gasteiger partial charge in [-0.3, -0.25) is 4.90 Å². The van der Waals surface area contributed by atoms with Crippen LogP contribution in [0.4, 0.5) is 0 Å². The minimum Gasteiger partial charge on any atom is -0.298 e. The number of hydrogen-bond donors (Lipinski definition) is 0. The largest absolute Gasteiger partial charge is 0.298 e. The van der Waals surface area contributed by atoms with Crippen molar-refractivity contribution in [3.05, 3.63) is 63.1 Å². The van der Waals surface area contributed by atoms with Crippen molar-refractivity contribution < 1.29 is 8.42 Å². The van der Waals surface area contributed by atoms with Crippen LogP contribution in [-0.4, -0.2) is 43.8 Å². The Morgan fingerprint density at radius 1 is 1.07 bits per heavy atom. The summed E-state index contributed by atoms with van der Waals surface area (Å²) >= 11 is 9.47. The Kier molecular flexibility index (Phi) is 6.56. The maximum Gasteiger partial charge on any atom is 0.244 e. The maximum absolute atomic E-state index is 13.0. The quantitative estimate of drug-likeness (QED) is 0.683. The first kappa shape index (κ1) is 20.3. The van der Waals surface area contributed by atoms with Gasteiger partial charge in [0.2, 0.25) is 10.0 Å². The lowest BCUT2D eigenvalue weighted by molar-refractivity contribution is 0.278. The smallest absolute Gasteiger partial charge is 0.244 e. The van der Waals surface area contributed by atoms with Crippen molar-refractivity contribution in [1.29, 1.82) is 5.26 Å². The number of nitrogens with zero attached hydrogens (tertiary/aromatic N) is 3. The average molecular weight is 469 g/mol. The molecule has 0 bridgehead atoms. The number of benzene rings is 2. The van der Waals surface area contributed by atoms with Crippen LogP contribution in [0.15, 0.2) is 51.8 Å². The Bertz CT molecular complexity index is 958. The third-order valence-electron chi connectivity index (χ3n) is 4.55. The normalized spacial score (nSPS) is 16.6. The van der Waals surface area contributed by atoms with Gasteiger partial charge >= 0.3 is 0 Å². The van der Waals surface area contributed by atoms with Crippen molar-refractivity contribution in [1.82, 2.24) is 9.21 Å². The molecule has 0 radical (unpaired) electrons. The van der Waals surface area contributed by atoms with Crippen molar-refractivity contribution in [3.63, 3.8) is 0 Å². The van der Waals surface area contributed by atoms with E-state index in [1.807, 2.05) is 12.1 Å². The fraction of sp³-hybridized carbons (Fsp3) is 0.316. The van der Waals surface area contributed by atoms with E-state index < -0.39 is 10.0 Å². The number of rotatable bonds is 4. The van der Waals surface area contributed by atoms with E-state index >= 15 is 0 Å². The highest BCUT2D eigenvalue weighted by molar-refractivity contribution is 9.10. The van der Waals surface area contributed by atoms with Crippen molar-refractivity contribution >= 4 is 37.6 Å². The molecule has 1 fully saturated rings. The molecule has 142 valence electrons. The van der Waals surface area contributed by atoms with Crippen LogP contribution in [0.5, 0.6) is 0 Å². The number of nitriles is 1. The first-order valence-electron chi connectivity index (χ1n) is 8.57. The Labute approximate surface area is 173 Å². The zero-order chi connectivity index (χ0) is 19.4. The molecule has 3 rings (SSSR count). The van der Waals surface area contributed by atoms with Gasteiger partial charge in [-0.1, -0.05) is 39.7 Å². The molecule has 1 aliphatic heterocycles. The maximum atomic E-state index is 13.0. The summed E-state index contributed by atoms with van der Waals surface area (Å²) in [5.74, 6) is 0. The van der Waals surface area contributed by atoms with E-state index in [0.29, 0.717) is 25.2 Å². The van der Waals surface area contributed by atoms with Gasteiger partial charge in [0.15, 0.2) is 0 Å². The van der Waals surface area contributed by atoms with Gasteiger partial charge in [0.25, 0.3) is 0 Å². The first-order chi connectivity index (χ1) is 12.9. The third kappa shape index (κ3) is 4.89. The fourth-order valence-corrected chi connectivity index (χ4v) is 5.59. The lowest BCUT2D eigenvalue weighted by Gasteiger charge is -2.22. The Morgan fingerprint density at radius 2 is 1.81 bits per heavy atom. The summed E-state index contributed by atoms with van der Waals surface area (Å²) < 4.78 is 28.2. The lowest BCUT2D eigenvalue weighted by Crippen LogP contribution is -2.35. The van der Waals surface area contributed by atoms with Crippen LogP contribution in [0.3, 0.4) is 0 Å². The molecule has 0 atom stereocenters. The van der Waals surface area contributed by atoms with Gasteiger partial charge in [-0.15, -0.1) is 0 Å². The summed E-state index contributed by atoms with van der Waals surface area (Å²) in [6, 6.07) is 14.4. The van der Waals surface area contributed by atoms with Gasteiger partial charge < -0.3 is 0 Å². The van der Waals surface area contributed by atoms with Gasteiger partial charge in [-0.25, -0.2) is 8.42 Å².